The second kappa shape index (κ2) is 13.6. The van der Waals surface area contributed by atoms with Crippen LogP contribution in [0.4, 0.5) is 0 Å². The van der Waals surface area contributed by atoms with Gasteiger partial charge in [0.05, 0.1) is 12.7 Å². The number of hydrogen-bond acceptors (Lipinski definition) is 12. The summed E-state index contributed by atoms with van der Waals surface area (Å²) in [6.07, 6.45) is -6.49. The van der Waals surface area contributed by atoms with Crippen LogP contribution in [0.5, 0.6) is 5.75 Å². The van der Waals surface area contributed by atoms with Crippen molar-refractivity contribution < 1.29 is 57.1 Å². The largest absolute Gasteiger partial charge is 0.465 e. The first-order valence-corrected chi connectivity index (χ1v) is 12.2. The Bertz CT molecular complexity index is 1240. The van der Waals surface area contributed by atoms with Gasteiger partial charge in [0.2, 0.25) is 12.4 Å². The van der Waals surface area contributed by atoms with Gasteiger partial charge in [0.1, 0.15) is 18.5 Å². The number of carbonyl (C=O) groups excluding carboxylic acids is 5. The highest BCUT2D eigenvalue weighted by atomic mass is 16.7. The minimum Gasteiger partial charge on any atom is -0.465 e. The van der Waals surface area contributed by atoms with Gasteiger partial charge in [-0.15, -0.1) is 0 Å². The Balaban J connectivity index is 1.96. The van der Waals surface area contributed by atoms with Gasteiger partial charge in [0.25, 0.3) is 0 Å². The number of rotatable bonds is 9. The standard InChI is InChI=1S/C28H30O12/c1-15(29)35-14-23-24(36-16(2)30)25(37-17(3)31)26(38-18(4)32)28(40-23)39-22-8-6-7-21(13-22)19-9-11-20(12-10-19)27(33)34-5/h6-13,23-26,28H,14H2,1-5H3/t23-,24-,25+,26+,28+/m1/s1. The molecule has 1 heterocycles. The summed E-state index contributed by atoms with van der Waals surface area (Å²) in [5, 5.41) is 0. The molecule has 0 bridgehead atoms. The van der Waals surface area contributed by atoms with Gasteiger partial charge in [0.15, 0.2) is 12.2 Å². The molecular weight excluding hydrogens is 528 g/mol. The van der Waals surface area contributed by atoms with Gasteiger partial charge >= 0.3 is 29.8 Å². The van der Waals surface area contributed by atoms with Crippen molar-refractivity contribution in [2.24, 2.45) is 0 Å². The van der Waals surface area contributed by atoms with Crippen molar-refractivity contribution in [3.63, 3.8) is 0 Å². The molecule has 1 aliphatic heterocycles. The lowest BCUT2D eigenvalue weighted by molar-refractivity contribution is -0.288. The monoisotopic (exact) mass is 558 g/mol. The third-order valence-electron chi connectivity index (χ3n) is 5.67. The van der Waals surface area contributed by atoms with E-state index in [9.17, 15) is 24.0 Å². The molecule has 0 spiro atoms. The van der Waals surface area contributed by atoms with Crippen LogP contribution >= 0.6 is 0 Å². The van der Waals surface area contributed by atoms with E-state index < -0.39 is 60.6 Å². The van der Waals surface area contributed by atoms with E-state index in [0.29, 0.717) is 5.56 Å². The molecule has 0 unspecified atom stereocenters. The lowest BCUT2D eigenvalue weighted by Gasteiger charge is -2.43. The fraction of sp³-hybridized carbons (Fsp3) is 0.393. The highest BCUT2D eigenvalue weighted by Crippen LogP contribution is 2.32. The van der Waals surface area contributed by atoms with E-state index in [2.05, 4.69) is 0 Å². The molecule has 0 saturated carbocycles. The van der Waals surface area contributed by atoms with Crippen LogP contribution in [-0.2, 0) is 47.6 Å². The Morgan fingerprint density at radius 1 is 0.725 bits per heavy atom. The van der Waals surface area contributed by atoms with E-state index in [4.69, 9.17) is 33.2 Å². The summed E-state index contributed by atoms with van der Waals surface area (Å²) in [4.78, 5) is 59.2. The number of esters is 5. The van der Waals surface area contributed by atoms with E-state index in [1.807, 2.05) is 6.07 Å². The van der Waals surface area contributed by atoms with E-state index in [1.165, 1.54) is 14.0 Å². The van der Waals surface area contributed by atoms with Gasteiger partial charge in [-0.05, 0) is 35.4 Å². The molecule has 3 rings (SSSR count). The van der Waals surface area contributed by atoms with Crippen molar-refractivity contribution in [3.05, 3.63) is 54.1 Å². The zero-order valence-electron chi connectivity index (χ0n) is 22.6. The van der Waals surface area contributed by atoms with Gasteiger partial charge in [-0.3, -0.25) is 19.2 Å². The Morgan fingerprint density at radius 2 is 1.32 bits per heavy atom. The summed E-state index contributed by atoms with van der Waals surface area (Å²) in [6, 6.07) is 13.5. The molecule has 12 heteroatoms. The van der Waals surface area contributed by atoms with Crippen LogP contribution in [-0.4, -0.2) is 74.3 Å². The molecule has 2 aromatic rings. The van der Waals surface area contributed by atoms with Crippen LogP contribution in [0.15, 0.2) is 48.5 Å². The van der Waals surface area contributed by atoms with Crippen LogP contribution in [0.2, 0.25) is 0 Å². The summed E-state index contributed by atoms with van der Waals surface area (Å²) >= 11 is 0. The van der Waals surface area contributed by atoms with Gasteiger partial charge in [-0.1, -0.05) is 24.3 Å². The topological polar surface area (TPSA) is 150 Å². The van der Waals surface area contributed by atoms with Crippen molar-refractivity contribution in [1.82, 2.24) is 0 Å². The SMILES string of the molecule is COC(=O)c1ccc(-c2cccc(O[C@H]3O[C@H](COC(C)=O)[C@@H](OC(C)=O)[C@H](OC(C)=O)[C@@H]3OC(C)=O)c2)cc1. The Labute approximate surface area is 230 Å². The molecule has 0 aromatic heterocycles. The molecule has 1 aliphatic rings. The fourth-order valence-electron chi connectivity index (χ4n) is 4.08. The Morgan fingerprint density at radius 3 is 1.90 bits per heavy atom. The van der Waals surface area contributed by atoms with Crippen LogP contribution in [0.3, 0.4) is 0 Å². The van der Waals surface area contributed by atoms with E-state index in [0.717, 1.165) is 31.9 Å². The molecule has 0 aliphatic carbocycles. The second-order valence-corrected chi connectivity index (χ2v) is 8.78. The molecule has 40 heavy (non-hydrogen) atoms. The van der Waals surface area contributed by atoms with Crippen LogP contribution in [0.25, 0.3) is 11.1 Å². The first-order valence-electron chi connectivity index (χ1n) is 12.2. The molecule has 0 radical (unpaired) electrons. The molecule has 2 aromatic carbocycles. The molecule has 214 valence electrons. The number of benzene rings is 2. The number of methoxy groups -OCH3 is 1. The van der Waals surface area contributed by atoms with Gasteiger partial charge < -0.3 is 33.2 Å². The molecule has 1 fully saturated rings. The number of carbonyl (C=O) groups is 5. The fourth-order valence-corrected chi connectivity index (χ4v) is 4.08. The maximum atomic E-state index is 12.0. The summed E-state index contributed by atoms with van der Waals surface area (Å²) in [6.45, 7) is 4.24. The summed E-state index contributed by atoms with van der Waals surface area (Å²) in [5.74, 6) is -3.02. The maximum Gasteiger partial charge on any atom is 0.337 e. The van der Waals surface area contributed by atoms with Crippen molar-refractivity contribution >= 4 is 29.8 Å². The maximum absolute atomic E-state index is 12.0. The van der Waals surface area contributed by atoms with Crippen molar-refractivity contribution in [2.45, 2.75) is 58.4 Å². The molecule has 0 N–H and O–H groups in total. The predicted molar refractivity (Wildman–Crippen MR) is 136 cm³/mol. The Hall–Kier alpha value is -4.45. The van der Waals surface area contributed by atoms with Crippen molar-refractivity contribution in [1.29, 1.82) is 0 Å². The summed E-state index contributed by atoms with van der Waals surface area (Å²) in [7, 11) is 1.30. The van der Waals surface area contributed by atoms with Gasteiger partial charge in [-0.2, -0.15) is 0 Å². The highest BCUT2D eigenvalue weighted by molar-refractivity contribution is 5.90. The molecule has 12 nitrogen and oxygen atoms in total. The average molecular weight is 559 g/mol. The highest BCUT2D eigenvalue weighted by Gasteiger charge is 2.53. The van der Waals surface area contributed by atoms with E-state index in [-0.39, 0.29) is 12.4 Å². The Kier molecular flexibility index (Phi) is 10.2. The minimum absolute atomic E-state index is 0.287. The molecule has 5 atom stereocenters. The van der Waals surface area contributed by atoms with Crippen LogP contribution < -0.4 is 4.74 Å². The smallest absolute Gasteiger partial charge is 0.337 e. The zero-order chi connectivity index (χ0) is 29.4. The van der Waals surface area contributed by atoms with Gasteiger partial charge in [0, 0.05) is 27.7 Å². The minimum atomic E-state index is -1.36. The second-order valence-electron chi connectivity index (χ2n) is 8.78. The predicted octanol–water partition coefficient (Wildman–Crippen LogP) is 2.60. The molecule has 0 amide bonds. The molecule has 1 saturated heterocycles. The summed E-state index contributed by atoms with van der Waals surface area (Å²) in [5.41, 5.74) is 1.87. The average Bonchev–Trinajstić information content (AvgIpc) is 2.90. The molecular formula is C28H30O12. The van der Waals surface area contributed by atoms with Crippen molar-refractivity contribution in [3.8, 4) is 16.9 Å². The summed E-state index contributed by atoms with van der Waals surface area (Å²) < 4.78 is 38.1. The quantitative estimate of drug-likeness (QED) is 0.329. The van der Waals surface area contributed by atoms with Crippen LogP contribution in [0.1, 0.15) is 38.1 Å². The first kappa shape index (κ1) is 30.1. The lowest BCUT2D eigenvalue weighted by Crippen LogP contribution is -2.63. The third-order valence-corrected chi connectivity index (χ3v) is 5.67. The first-order chi connectivity index (χ1) is 19.0. The number of hydrogen-bond donors (Lipinski definition) is 0. The number of ether oxygens (including phenoxy) is 7. The van der Waals surface area contributed by atoms with Crippen molar-refractivity contribution in [2.75, 3.05) is 13.7 Å². The zero-order valence-corrected chi connectivity index (χ0v) is 22.6. The third kappa shape index (κ3) is 8.03. The van der Waals surface area contributed by atoms with E-state index in [1.54, 1.807) is 42.5 Å². The van der Waals surface area contributed by atoms with Gasteiger partial charge in [-0.25, -0.2) is 4.79 Å². The normalized spacial score (nSPS) is 21.9. The van der Waals surface area contributed by atoms with Crippen LogP contribution in [0, 0.1) is 0 Å². The van der Waals surface area contributed by atoms with E-state index >= 15 is 0 Å². The lowest BCUT2D eigenvalue weighted by atomic mass is 9.98.